The molecule has 0 radical (unpaired) electrons. The molecule has 1 aromatic rings. The van der Waals surface area contributed by atoms with Crippen molar-refractivity contribution in [1.82, 2.24) is 10.2 Å². The lowest BCUT2D eigenvalue weighted by atomic mass is 10.0. The Bertz CT molecular complexity index is 363. The largest absolute Gasteiger partial charge is 0.314 e. The van der Waals surface area contributed by atoms with Crippen molar-refractivity contribution in [2.24, 2.45) is 5.92 Å². The van der Waals surface area contributed by atoms with Crippen molar-refractivity contribution in [2.75, 3.05) is 20.1 Å². The van der Waals surface area contributed by atoms with Crippen molar-refractivity contribution in [1.29, 1.82) is 0 Å². The fourth-order valence-electron chi connectivity index (χ4n) is 3.40. The Labute approximate surface area is 124 Å². The fraction of sp³-hybridized carbons (Fsp3) is 0.667. The van der Waals surface area contributed by atoms with Crippen molar-refractivity contribution >= 4 is 0 Å². The molecule has 0 heterocycles. The second-order valence-corrected chi connectivity index (χ2v) is 6.24. The topological polar surface area (TPSA) is 15.3 Å². The molecule has 2 rings (SSSR count). The quantitative estimate of drug-likeness (QED) is 0.728. The predicted molar refractivity (Wildman–Crippen MR) is 86.8 cm³/mol. The molecule has 0 bridgehead atoms. The molecule has 1 N–H and O–H groups in total. The third-order valence-corrected chi connectivity index (χ3v) is 4.60. The van der Waals surface area contributed by atoms with Crippen LogP contribution >= 0.6 is 0 Å². The molecule has 0 aliphatic heterocycles. The summed E-state index contributed by atoms with van der Waals surface area (Å²) in [6, 6.07) is 11.5. The van der Waals surface area contributed by atoms with Crippen molar-refractivity contribution in [3.63, 3.8) is 0 Å². The van der Waals surface area contributed by atoms with E-state index in [1.165, 1.54) is 50.8 Å². The van der Waals surface area contributed by atoms with Gasteiger partial charge in [0.25, 0.3) is 0 Å². The van der Waals surface area contributed by atoms with Crippen LogP contribution in [0.15, 0.2) is 30.3 Å². The molecule has 0 spiro atoms. The van der Waals surface area contributed by atoms with Gasteiger partial charge in [0.15, 0.2) is 0 Å². The zero-order valence-electron chi connectivity index (χ0n) is 13.1. The van der Waals surface area contributed by atoms with Crippen LogP contribution in [0.1, 0.15) is 44.6 Å². The molecule has 0 saturated heterocycles. The fourth-order valence-corrected chi connectivity index (χ4v) is 3.40. The van der Waals surface area contributed by atoms with E-state index in [1.807, 2.05) is 0 Å². The van der Waals surface area contributed by atoms with Crippen molar-refractivity contribution in [3.8, 4) is 0 Å². The molecule has 112 valence electrons. The molecule has 1 aliphatic rings. The van der Waals surface area contributed by atoms with Gasteiger partial charge in [0, 0.05) is 12.6 Å². The van der Waals surface area contributed by atoms with Crippen LogP contribution < -0.4 is 5.32 Å². The maximum Gasteiger partial charge on any atom is 0.0230 e. The zero-order valence-corrected chi connectivity index (χ0v) is 13.1. The molecule has 1 aliphatic carbocycles. The minimum absolute atomic E-state index is 0.791. The van der Waals surface area contributed by atoms with Gasteiger partial charge in [-0.3, -0.25) is 0 Å². The van der Waals surface area contributed by atoms with E-state index in [0.717, 1.165) is 18.5 Å². The first-order valence-corrected chi connectivity index (χ1v) is 8.25. The minimum atomic E-state index is 0.791. The number of hydrogen-bond donors (Lipinski definition) is 1. The molecule has 2 heteroatoms. The van der Waals surface area contributed by atoms with E-state index in [0.29, 0.717) is 0 Å². The van der Waals surface area contributed by atoms with Gasteiger partial charge >= 0.3 is 0 Å². The number of nitrogens with one attached hydrogen (secondary N) is 1. The SMILES string of the molecule is CCC1CCCC1NCCCN(C)Cc1ccccc1. The summed E-state index contributed by atoms with van der Waals surface area (Å²) in [5.41, 5.74) is 1.41. The molecule has 1 saturated carbocycles. The Morgan fingerprint density at radius 2 is 2.00 bits per heavy atom. The highest BCUT2D eigenvalue weighted by Crippen LogP contribution is 2.27. The standard InChI is InChI=1S/C18H30N2/c1-3-17-11-7-12-18(17)19-13-8-14-20(2)15-16-9-5-4-6-10-16/h4-6,9-10,17-19H,3,7-8,11-15H2,1-2H3. The Hall–Kier alpha value is -0.860. The van der Waals surface area contributed by atoms with E-state index < -0.39 is 0 Å². The third-order valence-electron chi connectivity index (χ3n) is 4.60. The van der Waals surface area contributed by atoms with E-state index >= 15 is 0 Å². The molecular formula is C18H30N2. The van der Waals surface area contributed by atoms with Crippen molar-refractivity contribution in [2.45, 2.75) is 51.6 Å². The van der Waals surface area contributed by atoms with Gasteiger partial charge in [-0.05, 0) is 50.9 Å². The second kappa shape index (κ2) is 8.43. The van der Waals surface area contributed by atoms with Crippen LogP contribution in [0.4, 0.5) is 0 Å². The molecule has 0 amide bonds. The zero-order chi connectivity index (χ0) is 14.2. The average Bonchev–Trinajstić information content (AvgIpc) is 2.92. The summed E-state index contributed by atoms with van der Waals surface area (Å²) in [5, 5.41) is 3.78. The second-order valence-electron chi connectivity index (χ2n) is 6.24. The normalized spacial score (nSPS) is 22.6. The highest BCUT2D eigenvalue weighted by atomic mass is 15.1. The monoisotopic (exact) mass is 274 g/mol. The highest BCUT2D eigenvalue weighted by Gasteiger charge is 2.24. The van der Waals surface area contributed by atoms with Gasteiger partial charge in [-0.15, -0.1) is 0 Å². The van der Waals surface area contributed by atoms with Crippen LogP contribution in [0.5, 0.6) is 0 Å². The molecule has 2 unspecified atom stereocenters. The van der Waals surface area contributed by atoms with Crippen molar-refractivity contribution in [3.05, 3.63) is 35.9 Å². The summed E-state index contributed by atoms with van der Waals surface area (Å²) in [5.74, 6) is 0.928. The first-order chi connectivity index (χ1) is 9.79. The molecule has 2 nitrogen and oxygen atoms in total. The maximum absolute atomic E-state index is 3.78. The lowest BCUT2D eigenvalue weighted by molar-refractivity contribution is 0.310. The van der Waals surface area contributed by atoms with Gasteiger partial charge in [-0.25, -0.2) is 0 Å². The van der Waals surface area contributed by atoms with Gasteiger partial charge in [0.1, 0.15) is 0 Å². The van der Waals surface area contributed by atoms with E-state index in [1.54, 1.807) is 0 Å². The maximum atomic E-state index is 3.78. The Balaban J connectivity index is 1.59. The van der Waals surface area contributed by atoms with E-state index in [2.05, 4.69) is 54.5 Å². The molecule has 0 aromatic heterocycles. The Morgan fingerprint density at radius 3 is 2.75 bits per heavy atom. The smallest absolute Gasteiger partial charge is 0.0230 e. The summed E-state index contributed by atoms with van der Waals surface area (Å²) in [7, 11) is 2.22. The van der Waals surface area contributed by atoms with Crippen LogP contribution in [-0.2, 0) is 6.54 Å². The average molecular weight is 274 g/mol. The van der Waals surface area contributed by atoms with Crippen LogP contribution in [-0.4, -0.2) is 31.1 Å². The third kappa shape index (κ3) is 4.92. The van der Waals surface area contributed by atoms with Crippen molar-refractivity contribution < 1.29 is 0 Å². The highest BCUT2D eigenvalue weighted by molar-refractivity contribution is 5.14. The number of nitrogens with zero attached hydrogens (tertiary/aromatic N) is 1. The summed E-state index contributed by atoms with van der Waals surface area (Å²) in [6.07, 6.45) is 6.83. The summed E-state index contributed by atoms with van der Waals surface area (Å²) in [4.78, 5) is 2.42. The van der Waals surface area contributed by atoms with E-state index in [-0.39, 0.29) is 0 Å². The Morgan fingerprint density at radius 1 is 1.20 bits per heavy atom. The van der Waals surface area contributed by atoms with Gasteiger partial charge in [0.2, 0.25) is 0 Å². The predicted octanol–water partition coefficient (Wildman–Crippen LogP) is 3.68. The molecule has 1 fully saturated rings. The van der Waals surface area contributed by atoms with Gasteiger partial charge in [-0.2, -0.15) is 0 Å². The summed E-state index contributed by atoms with van der Waals surface area (Å²) in [6.45, 7) is 5.73. The van der Waals surface area contributed by atoms with Crippen LogP contribution in [0.2, 0.25) is 0 Å². The van der Waals surface area contributed by atoms with Crippen LogP contribution in [0.25, 0.3) is 0 Å². The molecule has 20 heavy (non-hydrogen) atoms. The Kier molecular flexibility index (Phi) is 6.55. The minimum Gasteiger partial charge on any atom is -0.314 e. The number of hydrogen-bond acceptors (Lipinski definition) is 2. The van der Waals surface area contributed by atoms with Gasteiger partial charge < -0.3 is 10.2 Å². The van der Waals surface area contributed by atoms with E-state index in [4.69, 9.17) is 0 Å². The number of benzene rings is 1. The molecule has 2 atom stereocenters. The van der Waals surface area contributed by atoms with Crippen LogP contribution in [0.3, 0.4) is 0 Å². The van der Waals surface area contributed by atoms with Crippen LogP contribution in [0, 0.1) is 5.92 Å². The lowest BCUT2D eigenvalue weighted by Crippen LogP contribution is -2.34. The summed E-state index contributed by atoms with van der Waals surface area (Å²) < 4.78 is 0. The molecular weight excluding hydrogens is 244 g/mol. The van der Waals surface area contributed by atoms with E-state index in [9.17, 15) is 0 Å². The molecule has 1 aromatic carbocycles. The summed E-state index contributed by atoms with van der Waals surface area (Å²) >= 11 is 0. The lowest BCUT2D eigenvalue weighted by Gasteiger charge is -2.21. The number of rotatable bonds is 8. The first kappa shape index (κ1) is 15.5. The van der Waals surface area contributed by atoms with Gasteiger partial charge in [0.05, 0.1) is 0 Å². The van der Waals surface area contributed by atoms with Gasteiger partial charge in [-0.1, -0.05) is 50.1 Å². The first-order valence-electron chi connectivity index (χ1n) is 8.25.